The molecule has 2 atom stereocenters. The van der Waals surface area contributed by atoms with Gasteiger partial charge >= 0.3 is 0 Å². The molecular weight excluding hydrogens is 234 g/mol. The molecule has 0 aromatic carbocycles. The number of thiocarbonyl (C=S) groups is 1. The topological polar surface area (TPSA) is 52.7 Å². The Kier molecular flexibility index (Phi) is 6.33. The lowest BCUT2D eigenvalue weighted by atomic mass is 10.1. The zero-order valence-corrected chi connectivity index (χ0v) is 11.7. The first kappa shape index (κ1) is 14.8. The second kappa shape index (κ2) is 7.26. The molecule has 3 N–H and O–H groups in total. The maximum absolute atomic E-state index is 9.36. The van der Waals surface area contributed by atoms with Gasteiger partial charge in [0.25, 0.3) is 0 Å². The molecule has 0 amide bonds. The van der Waals surface area contributed by atoms with Crippen LogP contribution in [0.3, 0.4) is 0 Å². The number of nitrogens with two attached hydrogens (primary N) is 1. The zero-order valence-electron chi connectivity index (χ0n) is 10.9. The van der Waals surface area contributed by atoms with Gasteiger partial charge in [0.15, 0.2) is 0 Å². The highest BCUT2D eigenvalue weighted by Crippen LogP contribution is 2.11. The third-order valence-corrected chi connectivity index (χ3v) is 3.53. The molecular formula is C12H25N3OS. The van der Waals surface area contributed by atoms with Crippen LogP contribution >= 0.6 is 12.2 Å². The fraction of sp³-hybridized carbons (Fsp3) is 0.917. The second-order valence-corrected chi connectivity index (χ2v) is 5.36. The molecule has 1 fully saturated rings. The molecule has 0 aliphatic carbocycles. The smallest absolute Gasteiger partial charge is 0.0902 e. The van der Waals surface area contributed by atoms with Crippen LogP contribution in [0.2, 0.25) is 0 Å². The van der Waals surface area contributed by atoms with E-state index in [2.05, 4.69) is 16.7 Å². The summed E-state index contributed by atoms with van der Waals surface area (Å²) in [4.78, 5) is 5.30. The SMILES string of the molecule is CCCC(C(N)=S)N1CCN(CC(C)O)CC1. The van der Waals surface area contributed by atoms with Crippen molar-refractivity contribution in [3.05, 3.63) is 0 Å². The molecule has 1 saturated heterocycles. The van der Waals surface area contributed by atoms with Crippen molar-refractivity contribution in [1.82, 2.24) is 9.80 Å². The maximum atomic E-state index is 9.36. The monoisotopic (exact) mass is 259 g/mol. The Labute approximate surface area is 110 Å². The normalized spacial score (nSPS) is 22.3. The van der Waals surface area contributed by atoms with Gasteiger partial charge < -0.3 is 10.8 Å². The van der Waals surface area contributed by atoms with E-state index in [1.54, 1.807) is 0 Å². The molecule has 0 saturated carbocycles. The van der Waals surface area contributed by atoms with E-state index < -0.39 is 0 Å². The van der Waals surface area contributed by atoms with E-state index >= 15 is 0 Å². The van der Waals surface area contributed by atoms with Crippen molar-refractivity contribution in [2.45, 2.75) is 38.8 Å². The van der Waals surface area contributed by atoms with Gasteiger partial charge in [-0.05, 0) is 13.3 Å². The highest BCUT2D eigenvalue weighted by molar-refractivity contribution is 7.80. The summed E-state index contributed by atoms with van der Waals surface area (Å²) < 4.78 is 0. The summed E-state index contributed by atoms with van der Waals surface area (Å²) in [6.45, 7) is 8.74. The van der Waals surface area contributed by atoms with E-state index in [1.165, 1.54) is 0 Å². The lowest BCUT2D eigenvalue weighted by Gasteiger charge is -2.39. The van der Waals surface area contributed by atoms with Gasteiger partial charge in [-0.15, -0.1) is 0 Å². The number of aliphatic hydroxyl groups excluding tert-OH is 1. The van der Waals surface area contributed by atoms with Crippen LogP contribution in [-0.2, 0) is 0 Å². The number of aliphatic hydroxyl groups is 1. The van der Waals surface area contributed by atoms with E-state index in [4.69, 9.17) is 18.0 Å². The van der Waals surface area contributed by atoms with E-state index in [0.29, 0.717) is 4.99 Å². The molecule has 0 spiro atoms. The van der Waals surface area contributed by atoms with Gasteiger partial charge in [0.05, 0.1) is 17.1 Å². The van der Waals surface area contributed by atoms with Crippen LogP contribution in [0.1, 0.15) is 26.7 Å². The minimum absolute atomic E-state index is 0.247. The third-order valence-electron chi connectivity index (χ3n) is 3.26. The molecule has 1 aliphatic heterocycles. The van der Waals surface area contributed by atoms with E-state index in [0.717, 1.165) is 45.6 Å². The minimum atomic E-state index is -0.247. The standard InChI is InChI=1S/C12H25N3OS/c1-3-4-11(12(13)17)15-7-5-14(6-8-15)9-10(2)16/h10-11,16H,3-9H2,1-2H3,(H2,13,17). The number of rotatable bonds is 6. The minimum Gasteiger partial charge on any atom is -0.392 e. The fourth-order valence-corrected chi connectivity index (χ4v) is 2.68. The number of hydrogen-bond acceptors (Lipinski definition) is 4. The van der Waals surface area contributed by atoms with Crippen LogP contribution in [0.25, 0.3) is 0 Å². The van der Waals surface area contributed by atoms with Crippen LogP contribution in [0.5, 0.6) is 0 Å². The molecule has 0 aromatic rings. The molecule has 4 nitrogen and oxygen atoms in total. The first-order valence-corrected chi connectivity index (χ1v) is 6.89. The quantitative estimate of drug-likeness (QED) is 0.678. The molecule has 2 unspecified atom stereocenters. The average Bonchev–Trinajstić information content (AvgIpc) is 2.26. The highest BCUT2D eigenvalue weighted by atomic mass is 32.1. The Morgan fingerprint density at radius 1 is 1.35 bits per heavy atom. The Balaban J connectivity index is 2.41. The van der Waals surface area contributed by atoms with Crippen LogP contribution < -0.4 is 5.73 Å². The average molecular weight is 259 g/mol. The molecule has 1 rings (SSSR count). The van der Waals surface area contributed by atoms with Gasteiger partial charge in [0.2, 0.25) is 0 Å². The van der Waals surface area contributed by atoms with Crippen LogP contribution in [0, 0.1) is 0 Å². The van der Waals surface area contributed by atoms with Crippen LogP contribution in [0.4, 0.5) is 0 Å². The lowest BCUT2D eigenvalue weighted by molar-refractivity contribution is 0.0724. The van der Waals surface area contributed by atoms with Gasteiger partial charge in [-0.3, -0.25) is 9.80 Å². The molecule has 0 aromatic heterocycles. The van der Waals surface area contributed by atoms with E-state index in [1.807, 2.05) is 6.92 Å². The summed E-state index contributed by atoms with van der Waals surface area (Å²) in [5, 5.41) is 9.36. The lowest BCUT2D eigenvalue weighted by Crippen LogP contribution is -2.54. The molecule has 0 radical (unpaired) electrons. The van der Waals surface area contributed by atoms with Crippen LogP contribution in [0.15, 0.2) is 0 Å². The second-order valence-electron chi connectivity index (χ2n) is 4.89. The van der Waals surface area contributed by atoms with E-state index in [9.17, 15) is 5.11 Å². The Morgan fingerprint density at radius 2 is 1.94 bits per heavy atom. The zero-order chi connectivity index (χ0) is 12.8. The van der Waals surface area contributed by atoms with Crippen molar-refractivity contribution in [1.29, 1.82) is 0 Å². The first-order chi connectivity index (χ1) is 8.04. The largest absolute Gasteiger partial charge is 0.392 e. The van der Waals surface area contributed by atoms with Gasteiger partial charge in [0.1, 0.15) is 0 Å². The fourth-order valence-electron chi connectivity index (χ4n) is 2.41. The van der Waals surface area contributed by atoms with Crippen LogP contribution in [-0.4, -0.2) is 64.8 Å². The Bertz CT molecular complexity index is 240. The summed E-state index contributed by atoms with van der Waals surface area (Å²) >= 11 is 5.15. The Morgan fingerprint density at radius 3 is 2.35 bits per heavy atom. The molecule has 0 bridgehead atoms. The van der Waals surface area contributed by atoms with Crippen molar-refractivity contribution >= 4 is 17.2 Å². The molecule has 100 valence electrons. The van der Waals surface area contributed by atoms with Gasteiger partial charge in [-0.2, -0.15) is 0 Å². The number of hydrogen-bond donors (Lipinski definition) is 2. The van der Waals surface area contributed by atoms with Gasteiger partial charge in [0, 0.05) is 32.7 Å². The number of nitrogens with zero attached hydrogens (tertiary/aromatic N) is 2. The predicted octanol–water partition coefficient (Wildman–Crippen LogP) is 0.440. The molecule has 1 aliphatic rings. The number of β-amino-alcohol motifs (C(OH)–C–C–N with tert-alkyl or cyclic N) is 1. The number of piperazine rings is 1. The van der Waals surface area contributed by atoms with Crippen molar-refractivity contribution < 1.29 is 5.11 Å². The molecule has 5 heteroatoms. The van der Waals surface area contributed by atoms with Gasteiger partial charge in [-0.1, -0.05) is 25.6 Å². The molecule has 1 heterocycles. The third kappa shape index (κ3) is 4.87. The Hall–Kier alpha value is -0.230. The summed E-state index contributed by atoms with van der Waals surface area (Å²) in [5.74, 6) is 0. The summed E-state index contributed by atoms with van der Waals surface area (Å²) in [5.41, 5.74) is 5.81. The van der Waals surface area contributed by atoms with Crippen molar-refractivity contribution in [3.63, 3.8) is 0 Å². The van der Waals surface area contributed by atoms with E-state index in [-0.39, 0.29) is 12.1 Å². The van der Waals surface area contributed by atoms with Crippen molar-refractivity contribution in [3.8, 4) is 0 Å². The summed E-state index contributed by atoms with van der Waals surface area (Å²) in [6, 6.07) is 0.253. The molecule has 17 heavy (non-hydrogen) atoms. The van der Waals surface area contributed by atoms with Crippen molar-refractivity contribution in [2.24, 2.45) is 5.73 Å². The van der Waals surface area contributed by atoms with Crippen molar-refractivity contribution in [2.75, 3.05) is 32.7 Å². The summed E-state index contributed by atoms with van der Waals surface area (Å²) in [7, 11) is 0. The highest BCUT2D eigenvalue weighted by Gasteiger charge is 2.25. The maximum Gasteiger partial charge on any atom is 0.0902 e. The predicted molar refractivity (Wildman–Crippen MR) is 75.2 cm³/mol. The van der Waals surface area contributed by atoms with Gasteiger partial charge in [-0.25, -0.2) is 0 Å². The first-order valence-electron chi connectivity index (χ1n) is 6.48. The summed E-state index contributed by atoms with van der Waals surface area (Å²) in [6.07, 6.45) is 1.91.